The molecule has 0 aliphatic heterocycles. The number of anilines is 1. The van der Waals surface area contributed by atoms with Crippen molar-refractivity contribution in [3.63, 3.8) is 0 Å². The lowest BCUT2D eigenvalue weighted by Gasteiger charge is -2.12. The maximum Gasteiger partial charge on any atom is 0.179 e. The number of ether oxygens (including phenoxy) is 2. The van der Waals surface area contributed by atoms with Crippen LogP contribution in [0, 0.1) is 0 Å². The van der Waals surface area contributed by atoms with Gasteiger partial charge < -0.3 is 14.8 Å². The van der Waals surface area contributed by atoms with Crippen LogP contribution in [0.1, 0.15) is 5.56 Å². The molecule has 1 aromatic heterocycles. The summed E-state index contributed by atoms with van der Waals surface area (Å²) in [6, 6.07) is 3.75. The van der Waals surface area contributed by atoms with Gasteiger partial charge in [0.05, 0.1) is 31.1 Å². The first-order chi connectivity index (χ1) is 9.13. The number of nitrogens with one attached hydrogen (secondary N) is 1. The standard InChI is InChI=1S/C13H16ClN3O2/c1-17-8-10(7-16-17)15-6-9-4-11(14)13(19-3)12(5-9)18-2/h4-5,7-8,15H,6H2,1-3H3. The van der Waals surface area contributed by atoms with Crippen LogP contribution in [0.2, 0.25) is 5.02 Å². The molecule has 0 aliphatic carbocycles. The molecule has 1 heterocycles. The molecule has 1 aromatic carbocycles. The van der Waals surface area contributed by atoms with Gasteiger partial charge in [0.25, 0.3) is 0 Å². The van der Waals surface area contributed by atoms with Crippen molar-refractivity contribution in [2.45, 2.75) is 6.54 Å². The quantitative estimate of drug-likeness (QED) is 0.915. The summed E-state index contributed by atoms with van der Waals surface area (Å²) in [4.78, 5) is 0. The van der Waals surface area contributed by atoms with E-state index in [0.717, 1.165) is 11.3 Å². The molecule has 2 aromatic rings. The Labute approximate surface area is 117 Å². The minimum atomic E-state index is 0.532. The summed E-state index contributed by atoms with van der Waals surface area (Å²) < 4.78 is 12.2. The first-order valence-corrected chi connectivity index (χ1v) is 6.14. The van der Waals surface area contributed by atoms with E-state index in [9.17, 15) is 0 Å². The third kappa shape index (κ3) is 3.12. The van der Waals surface area contributed by atoms with Gasteiger partial charge in [0.1, 0.15) is 0 Å². The first-order valence-electron chi connectivity index (χ1n) is 5.77. The van der Waals surface area contributed by atoms with E-state index in [2.05, 4.69) is 10.4 Å². The molecule has 0 fully saturated rings. The Hall–Kier alpha value is -1.88. The number of methoxy groups -OCH3 is 2. The van der Waals surface area contributed by atoms with Crippen molar-refractivity contribution in [1.29, 1.82) is 0 Å². The van der Waals surface area contributed by atoms with E-state index >= 15 is 0 Å². The fourth-order valence-corrected chi connectivity index (χ4v) is 2.10. The van der Waals surface area contributed by atoms with Crippen molar-refractivity contribution in [2.75, 3.05) is 19.5 Å². The molecule has 0 bridgehead atoms. The number of benzene rings is 1. The Morgan fingerprint density at radius 3 is 2.68 bits per heavy atom. The molecule has 0 saturated heterocycles. The third-order valence-corrected chi connectivity index (χ3v) is 2.98. The van der Waals surface area contributed by atoms with Crippen molar-refractivity contribution in [3.8, 4) is 11.5 Å². The largest absolute Gasteiger partial charge is 0.493 e. The monoisotopic (exact) mass is 281 g/mol. The highest BCUT2D eigenvalue weighted by molar-refractivity contribution is 6.32. The molecular weight excluding hydrogens is 266 g/mol. The van der Waals surface area contributed by atoms with Gasteiger partial charge in [-0.25, -0.2) is 0 Å². The highest BCUT2D eigenvalue weighted by atomic mass is 35.5. The van der Waals surface area contributed by atoms with Gasteiger partial charge in [-0.3, -0.25) is 4.68 Å². The lowest BCUT2D eigenvalue weighted by atomic mass is 10.2. The van der Waals surface area contributed by atoms with Crippen LogP contribution < -0.4 is 14.8 Å². The molecular formula is C13H16ClN3O2. The van der Waals surface area contributed by atoms with Crippen LogP contribution in [0.25, 0.3) is 0 Å². The van der Waals surface area contributed by atoms with Crippen molar-refractivity contribution in [3.05, 3.63) is 35.1 Å². The Bertz CT molecular complexity index is 569. The summed E-state index contributed by atoms with van der Waals surface area (Å²) in [6.07, 6.45) is 3.67. The van der Waals surface area contributed by atoms with Crippen LogP contribution in [0.4, 0.5) is 5.69 Å². The second kappa shape index (κ2) is 5.84. The van der Waals surface area contributed by atoms with Crippen LogP contribution in [-0.2, 0) is 13.6 Å². The number of aryl methyl sites for hydroxylation is 1. The zero-order chi connectivity index (χ0) is 13.8. The molecule has 0 amide bonds. The van der Waals surface area contributed by atoms with Gasteiger partial charge in [0.15, 0.2) is 11.5 Å². The number of rotatable bonds is 5. The van der Waals surface area contributed by atoms with Gasteiger partial charge >= 0.3 is 0 Å². The van der Waals surface area contributed by atoms with E-state index in [4.69, 9.17) is 21.1 Å². The maximum atomic E-state index is 6.15. The minimum Gasteiger partial charge on any atom is -0.493 e. The van der Waals surface area contributed by atoms with E-state index in [0.29, 0.717) is 23.1 Å². The predicted octanol–water partition coefficient (Wildman–Crippen LogP) is 2.70. The number of aromatic nitrogens is 2. The predicted molar refractivity (Wildman–Crippen MR) is 75.1 cm³/mol. The Morgan fingerprint density at radius 2 is 2.11 bits per heavy atom. The molecule has 0 spiro atoms. The van der Waals surface area contributed by atoms with Crippen molar-refractivity contribution >= 4 is 17.3 Å². The molecule has 0 atom stereocenters. The van der Waals surface area contributed by atoms with E-state index in [1.165, 1.54) is 0 Å². The third-order valence-electron chi connectivity index (χ3n) is 2.69. The Morgan fingerprint density at radius 1 is 1.32 bits per heavy atom. The van der Waals surface area contributed by atoms with Crippen molar-refractivity contribution in [2.24, 2.45) is 7.05 Å². The summed E-state index contributed by atoms with van der Waals surface area (Å²) in [5.74, 6) is 1.17. The summed E-state index contributed by atoms with van der Waals surface area (Å²) in [5.41, 5.74) is 1.96. The smallest absolute Gasteiger partial charge is 0.179 e. The summed E-state index contributed by atoms with van der Waals surface area (Å²) >= 11 is 6.15. The molecule has 102 valence electrons. The second-order valence-corrected chi connectivity index (χ2v) is 4.48. The topological polar surface area (TPSA) is 48.3 Å². The summed E-state index contributed by atoms with van der Waals surface area (Å²) in [7, 11) is 5.03. The van der Waals surface area contributed by atoms with Crippen LogP contribution in [-0.4, -0.2) is 24.0 Å². The zero-order valence-corrected chi connectivity index (χ0v) is 11.9. The lowest BCUT2D eigenvalue weighted by Crippen LogP contribution is -2.00. The number of hydrogen-bond donors (Lipinski definition) is 1. The number of hydrogen-bond acceptors (Lipinski definition) is 4. The number of nitrogens with zero attached hydrogens (tertiary/aromatic N) is 2. The van der Waals surface area contributed by atoms with Crippen molar-refractivity contribution < 1.29 is 9.47 Å². The molecule has 0 saturated carbocycles. The van der Waals surface area contributed by atoms with Crippen LogP contribution in [0.5, 0.6) is 11.5 Å². The van der Waals surface area contributed by atoms with Crippen LogP contribution >= 0.6 is 11.6 Å². The number of halogens is 1. The van der Waals surface area contributed by atoms with Gasteiger partial charge in [-0.2, -0.15) is 5.10 Å². The highest BCUT2D eigenvalue weighted by Crippen LogP contribution is 2.36. The maximum absolute atomic E-state index is 6.15. The molecule has 1 N–H and O–H groups in total. The summed E-state index contributed by atoms with van der Waals surface area (Å²) in [6.45, 7) is 0.631. The van der Waals surface area contributed by atoms with Crippen LogP contribution in [0.3, 0.4) is 0 Å². The van der Waals surface area contributed by atoms with Gasteiger partial charge in [0.2, 0.25) is 0 Å². The van der Waals surface area contributed by atoms with E-state index < -0.39 is 0 Å². The lowest BCUT2D eigenvalue weighted by molar-refractivity contribution is 0.355. The summed E-state index contributed by atoms with van der Waals surface area (Å²) in [5, 5.41) is 7.88. The fourth-order valence-electron chi connectivity index (χ4n) is 1.79. The van der Waals surface area contributed by atoms with Gasteiger partial charge in [0, 0.05) is 19.8 Å². The average molecular weight is 282 g/mol. The van der Waals surface area contributed by atoms with Crippen molar-refractivity contribution in [1.82, 2.24) is 9.78 Å². The molecule has 5 nitrogen and oxygen atoms in total. The average Bonchev–Trinajstić information content (AvgIpc) is 2.81. The zero-order valence-electron chi connectivity index (χ0n) is 11.1. The second-order valence-electron chi connectivity index (χ2n) is 4.07. The fraction of sp³-hybridized carbons (Fsp3) is 0.308. The minimum absolute atomic E-state index is 0.532. The molecule has 0 radical (unpaired) electrons. The van der Waals surface area contributed by atoms with E-state index in [1.54, 1.807) is 25.1 Å². The molecule has 0 unspecified atom stereocenters. The normalized spacial score (nSPS) is 10.3. The molecule has 2 rings (SSSR count). The molecule has 0 aliphatic rings. The van der Waals surface area contributed by atoms with Gasteiger partial charge in [-0.05, 0) is 17.7 Å². The van der Waals surface area contributed by atoms with Gasteiger partial charge in [-0.15, -0.1) is 0 Å². The van der Waals surface area contributed by atoms with E-state index in [-0.39, 0.29) is 0 Å². The van der Waals surface area contributed by atoms with E-state index in [1.807, 2.05) is 25.4 Å². The Kier molecular flexibility index (Phi) is 4.16. The Balaban J connectivity index is 2.14. The molecule has 6 heteroatoms. The van der Waals surface area contributed by atoms with Gasteiger partial charge in [-0.1, -0.05) is 11.6 Å². The highest BCUT2D eigenvalue weighted by Gasteiger charge is 2.10. The molecule has 19 heavy (non-hydrogen) atoms. The first kappa shape index (κ1) is 13.5. The van der Waals surface area contributed by atoms with Crippen LogP contribution in [0.15, 0.2) is 24.5 Å². The SMILES string of the molecule is COc1cc(CNc2cnn(C)c2)cc(Cl)c1OC.